The second kappa shape index (κ2) is 5.47. The maximum absolute atomic E-state index is 4.52. The van der Waals surface area contributed by atoms with Gasteiger partial charge in [-0.2, -0.15) is 0 Å². The molecule has 3 rings (SSSR count). The van der Waals surface area contributed by atoms with E-state index in [0.717, 1.165) is 25.9 Å². The zero-order valence-corrected chi connectivity index (χ0v) is 11.5. The van der Waals surface area contributed by atoms with Gasteiger partial charge in [0.05, 0.1) is 0 Å². The van der Waals surface area contributed by atoms with Gasteiger partial charge >= 0.3 is 0 Å². The van der Waals surface area contributed by atoms with Crippen LogP contribution in [0.2, 0.25) is 0 Å². The van der Waals surface area contributed by atoms with E-state index in [1.165, 1.54) is 35.5 Å². The van der Waals surface area contributed by atoms with Gasteiger partial charge in [-0.25, -0.2) is 4.98 Å². The van der Waals surface area contributed by atoms with Crippen LogP contribution in [0.3, 0.4) is 0 Å². The summed E-state index contributed by atoms with van der Waals surface area (Å²) in [6.45, 7) is 4.36. The van der Waals surface area contributed by atoms with Crippen LogP contribution >= 0.6 is 0 Å². The number of hydrogen-bond donors (Lipinski definition) is 1. The molecule has 0 atom stereocenters. The normalized spacial score (nSPS) is 13.9. The number of aryl methyl sites for hydroxylation is 1. The van der Waals surface area contributed by atoms with Crippen molar-refractivity contribution in [2.75, 3.05) is 11.9 Å². The number of hydrogen-bond acceptors (Lipinski definition) is 2. The van der Waals surface area contributed by atoms with Gasteiger partial charge < -0.3 is 9.88 Å². The lowest BCUT2D eigenvalue weighted by molar-refractivity contribution is 0.645. The lowest BCUT2D eigenvalue weighted by Gasteiger charge is -2.21. The highest BCUT2D eigenvalue weighted by atomic mass is 15.1. The molecule has 1 aliphatic heterocycles. The first-order valence-electron chi connectivity index (χ1n) is 7.23. The van der Waals surface area contributed by atoms with Gasteiger partial charge in [-0.15, -0.1) is 0 Å². The van der Waals surface area contributed by atoms with E-state index in [0.29, 0.717) is 0 Å². The number of rotatable bonds is 4. The molecule has 0 fully saturated rings. The molecule has 3 heteroatoms. The topological polar surface area (TPSA) is 29.9 Å². The second-order valence-electron chi connectivity index (χ2n) is 5.19. The standard InChI is InChI=1S/C16H21N3/c1-2-10-19-11-9-18-16(19)12-13-5-3-7-15-14(13)6-4-8-17-15/h3,5,7,9,11,17H,2,4,6,8,10,12H2,1H3. The van der Waals surface area contributed by atoms with Crippen molar-refractivity contribution in [2.24, 2.45) is 0 Å². The highest BCUT2D eigenvalue weighted by molar-refractivity contribution is 5.56. The Bertz CT molecular complexity index is 557. The summed E-state index contributed by atoms with van der Waals surface area (Å²) in [7, 11) is 0. The molecule has 0 spiro atoms. The van der Waals surface area contributed by atoms with Crippen molar-refractivity contribution < 1.29 is 0 Å². The summed E-state index contributed by atoms with van der Waals surface area (Å²) in [5.41, 5.74) is 4.23. The Hall–Kier alpha value is -1.77. The zero-order chi connectivity index (χ0) is 13.1. The van der Waals surface area contributed by atoms with Crippen molar-refractivity contribution in [3.8, 4) is 0 Å². The Kier molecular flexibility index (Phi) is 3.53. The summed E-state index contributed by atoms with van der Waals surface area (Å²) in [6.07, 6.45) is 8.52. The van der Waals surface area contributed by atoms with E-state index in [9.17, 15) is 0 Å². The minimum atomic E-state index is 0.942. The molecule has 0 aliphatic carbocycles. The molecule has 1 aromatic heterocycles. The Labute approximate surface area is 114 Å². The SMILES string of the molecule is CCCn1ccnc1Cc1cccc2c1CCCN2. The van der Waals surface area contributed by atoms with Crippen LogP contribution in [0.5, 0.6) is 0 Å². The van der Waals surface area contributed by atoms with Crippen molar-refractivity contribution in [3.63, 3.8) is 0 Å². The van der Waals surface area contributed by atoms with Crippen LogP contribution in [0.25, 0.3) is 0 Å². The number of aromatic nitrogens is 2. The first kappa shape index (κ1) is 12.3. The van der Waals surface area contributed by atoms with Crippen molar-refractivity contribution in [2.45, 2.75) is 39.2 Å². The first-order chi connectivity index (χ1) is 9.38. The average Bonchev–Trinajstić information content (AvgIpc) is 2.87. The summed E-state index contributed by atoms with van der Waals surface area (Å²) in [4.78, 5) is 4.52. The van der Waals surface area contributed by atoms with Gasteiger partial charge in [0.15, 0.2) is 0 Å². The third-order valence-corrected chi connectivity index (χ3v) is 3.81. The Morgan fingerprint density at radius 3 is 3.21 bits per heavy atom. The number of benzene rings is 1. The number of nitrogens with zero attached hydrogens (tertiary/aromatic N) is 2. The van der Waals surface area contributed by atoms with Gasteiger partial charge in [0, 0.05) is 37.6 Å². The molecule has 3 nitrogen and oxygen atoms in total. The maximum Gasteiger partial charge on any atom is 0.113 e. The second-order valence-corrected chi connectivity index (χ2v) is 5.19. The van der Waals surface area contributed by atoms with E-state index in [-0.39, 0.29) is 0 Å². The van der Waals surface area contributed by atoms with E-state index in [1.54, 1.807) is 0 Å². The summed E-state index contributed by atoms with van der Waals surface area (Å²) >= 11 is 0. The van der Waals surface area contributed by atoms with Crippen molar-refractivity contribution in [3.05, 3.63) is 47.5 Å². The van der Waals surface area contributed by atoms with Gasteiger partial charge in [0.2, 0.25) is 0 Å². The summed E-state index contributed by atoms with van der Waals surface area (Å²) in [6, 6.07) is 6.59. The third-order valence-electron chi connectivity index (χ3n) is 3.81. The van der Waals surface area contributed by atoms with E-state index in [2.05, 4.69) is 46.2 Å². The van der Waals surface area contributed by atoms with E-state index in [4.69, 9.17) is 0 Å². The van der Waals surface area contributed by atoms with Gasteiger partial charge in [0.25, 0.3) is 0 Å². The Balaban J connectivity index is 1.88. The molecule has 2 aromatic rings. The quantitative estimate of drug-likeness (QED) is 0.909. The molecule has 0 saturated carbocycles. The molecule has 0 radical (unpaired) electrons. The fourth-order valence-corrected chi connectivity index (χ4v) is 2.87. The molecule has 100 valence electrons. The fourth-order valence-electron chi connectivity index (χ4n) is 2.87. The van der Waals surface area contributed by atoms with Crippen molar-refractivity contribution in [1.82, 2.24) is 9.55 Å². The van der Waals surface area contributed by atoms with Crippen molar-refractivity contribution >= 4 is 5.69 Å². The van der Waals surface area contributed by atoms with Crippen LogP contribution in [-0.4, -0.2) is 16.1 Å². The maximum atomic E-state index is 4.52. The van der Waals surface area contributed by atoms with Gasteiger partial charge in [-0.3, -0.25) is 0 Å². The van der Waals surface area contributed by atoms with E-state index < -0.39 is 0 Å². The lowest BCUT2D eigenvalue weighted by Crippen LogP contribution is -2.14. The summed E-state index contributed by atoms with van der Waals surface area (Å²) in [5.74, 6) is 1.18. The largest absolute Gasteiger partial charge is 0.385 e. The predicted octanol–water partition coefficient (Wildman–Crippen LogP) is 3.24. The number of anilines is 1. The number of imidazole rings is 1. The van der Waals surface area contributed by atoms with Crippen molar-refractivity contribution in [1.29, 1.82) is 0 Å². The van der Waals surface area contributed by atoms with Gasteiger partial charge in [-0.1, -0.05) is 19.1 Å². The molecular formula is C16H21N3. The summed E-state index contributed by atoms with van der Waals surface area (Å²) in [5, 5.41) is 3.50. The van der Waals surface area contributed by atoms with Crippen LogP contribution in [0.15, 0.2) is 30.6 Å². The van der Waals surface area contributed by atoms with E-state index in [1.807, 2.05) is 6.20 Å². The molecule has 0 amide bonds. The van der Waals surface area contributed by atoms with E-state index >= 15 is 0 Å². The average molecular weight is 255 g/mol. The molecule has 19 heavy (non-hydrogen) atoms. The Morgan fingerprint density at radius 2 is 2.32 bits per heavy atom. The van der Waals surface area contributed by atoms with Crippen LogP contribution in [0, 0.1) is 0 Å². The molecule has 1 aliphatic rings. The van der Waals surface area contributed by atoms with Crippen LogP contribution in [0.1, 0.15) is 36.7 Å². The first-order valence-corrected chi connectivity index (χ1v) is 7.23. The minimum absolute atomic E-state index is 0.942. The zero-order valence-electron chi connectivity index (χ0n) is 11.5. The molecule has 0 unspecified atom stereocenters. The molecule has 1 aromatic carbocycles. The highest BCUT2D eigenvalue weighted by Gasteiger charge is 2.14. The summed E-state index contributed by atoms with van der Waals surface area (Å²) < 4.78 is 2.27. The molecule has 0 saturated heterocycles. The van der Waals surface area contributed by atoms with Gasteiger partial charge in [0.1, 0.15) is 5.82 Å². The molecular weight excluding hydrogens is 234 g/mol. The monoisotopic (exact) mass is 255 g/mol. The highest BCUT2D eigenvalue weighted by Crippen LogP contribution is 2.26. The third kappa shape index (κ3) is 2.50. The smallest absolute Gasteiger partial charge is 0.113 e. The minimum Gasteiger partial charge on any atom is -0.385 e. The molecule has 2 heterocycles. The predicted molar refractivity (Wildman–Crippen MR) is 78.6 cm³/mol. The fraction of sp³-hybridized carbons (Fsp3) is 0.438. The van der Waals surface area contributed by atoms with Crippen LogP contribution in [-0.2, 0) is 19.4 Å². The molecule has 1 N–H and O–H groups in total. The van der Waals surface area contributed by atoms with Crippen LogP contribution < -0.4 is 5.32 Å². The molecule has 0 bridgehead atoms. The number of nitrogens with one attached hydrogen (secondary N) is 1. The Morgan fingerprint density at radius 1 is 1.37 bits per heavy atom. The van der Waals surface area contributed by atoms with Gasteiger partial charge in [-0.05, 0) is 36.5 Å². The van der Waals surface area contributed by atoms with Crippen LogP contribution in [0.4, 0.5) is 5.69 Å². The number of fused-ring (bicyclic) bond motifs is 1. The lowest BCUT2D eigenvalue weighted by atomic mass is 9.95.